The third-order valence-electron chi connectivity index (χ3n) is 3.68. The first kappa shape index (κ1) is 17.3. The van der Waals surface area contributed by atoms with Crippen molar-refractivity contribution in [3.63, 3.8) is 0 Å². The number of amides is 2. The number of nitrogens with one attached hydrogen (secondary N) is 2. The molecule has 0 aliphatic carbocycles. The molecule has 0 aromatic heterocycles. The summed E-state index contributed by atoms with van der Waals surface area (Å²) in [7, 11) is 1.46. The van der Waals surface area contributed by atoms with E-state index in [-0.39, 0.29) is 18.1 Å². The van der Waals surface area contributed by atoms with Crippen molar-refractivity contribution >= 4 is 17.9 Å². The second-order valence-electron chi connectivity index (χ2n) is 5.30. The Morgan fingerprint density at radius 2 is 1.92 bits per heavy atom. The van der Waals surface area contributed by atoms with Gasteiger partial charge in [-0.25, -0.2) is 5.84 Å². The van der Waals surface area contributed by atoms with E-state index in [0.29, 0.717) is 22.8 Å². The summed E-state index contributed by atoms with van der Waals surface area (Å²) in [5.74, 6) is 5.64. The number of carbonyl (C=O) groups is 2. The Kier molecular flexibility index (Phi) is 5.04. The molecule has 134 valence electrons. The number of methoxy groups -OCH3 is 1. The highest BCUT2D eigenvalue weighted by Gasteiger charge is 2.18. The molecule has 8 heteroatoms. The number of benzene rings is 2. The smallest absolute Gasteiger partial charge is 0.281 e. The first-order valence-electron chi connectivity index (χ1n) is 7.69. The predicted octanol–water partition coefficient (Wildman–Crippen LogP) is 1.18. The Bertz CT molecular complexity index is 879. The molecule has 1 heterocycles. The molecule has 0 radical (unpaired) electrons. The fraction of sp³-hybridized carbons (Fsp3) is 0.111. The van der Waals surface area contributed by atoms with E-state index in [9.17, 15) is 9.59 Å². The minimum atomic E-state index is -0.647. The Labute approximate surface area is 149 Å². The van der Waals surface area contributed by atoms with Crippen LogP contribution in [0.5, 0.6) is 17.2 Å². The minimum Gasteiger partial charge on any atom is -0.496 e. The zero-order valence-electron chi connectivity index (χ0n) is 13.9. The third kappa shape index (κ3) is 3.60. The highest BCUT2D eigenvalue weighted by molar-refractivity contribution is 6.06. The Balaban J connectivity index is 1.89. The van der Waals surface area contributed by atoms with Crippen LogP contribution in [0.15, 0.2) is 48.2 Å². The van der Waals surface area contributed by atoms with Gasteiger partial charge < -0.3 is 19.5 Å². The second kappa shape index (κ2) is 7.58. The van der Waals surface area contributed by atoms with E-state index in [2.05, 4.69) is 5.32 Å². The van der Waals surface area contributed by atoms with Crippen molar-refractivity contribution in [1.29, 1.82) is 0 Å². The molecule has 0 bridgehead atoms. The Hall–Kier alpha value is -3.52. The predicted molar refractivity (Wildman–Crippen MR) is 93.3 cm³/mol. The summed E-state index contributed by atoms with van der Waals surface area (Å²) < 4.78 is 15.7. The molecule has 0 saturated carbocycles. The van der Waals surface area contributed by atoms with Gasteiger partial charge in [-0.2, -0.15) is 0 Å². The lowest BCUT2D eigenvalue weighted by molar-refractivity contribution is -0.117. The van der Waals surface area contributed by atoms with Gasteiger partial charge in [0.15, 0.2) is 11.5 Å². The van der Waals surface area contributed by atoms with Crippen molar-refractivity contribution < 1.29 is 23.8 Å². The lowest BCUT2D eigenvalue weighted by atomic mass is 10.1. The molecule has 0 atom stereocenters. The number of hydrogen-bond donors (Lipinski definition) is 3. The monoisotopic (exact) mass is 355 g/mol. The highest BCUT2D eigenvalue weighted by atomic mass is 16.7. The SMILES string of the molecule is COc1ccccc1C(=O)N/C(=C/c1ccc2c(c1)OCO2)C(=O)NN. The summed E-state index contributed by atoms with van der Waals surface area (Å²) in [6, 6.07) is 11.8. The molecule has 2 aromatic rings. The third-order valence-corrected chi connectivity index (χ3v) is 3.68. The summed E-state index contributed by atoms with van der Waals surface area (Å²) in [6.07, 6.45) is 1.48. The van der Waals surface area contributed by atoms with Gasteiger partial charge in [-0.05, 0) is 35.9 Å². The molecular formula is C18H17N3O5. The molecule has 8 nitrogen and oxygen atoms in total. The largest absolute Gasteiger partial charge is 0.496 e. The fourth-order valence-corrected chi connectivity index (χ4v) is 2.43. The summed E-state index contributed by atoms with van der Waals surface area (Å²) in [6.45, 7) is 0.142. The van der Waals surface area contributed by atoms with Crippen LogP contribution >= 0.6 is 0 Å². The number of nitrogens with two attached hydrogens (primary N) is 1. The van der Waals surface area contributed by atoms with Crippen molar-refractivity contribution in [2.45, 2.75) is 0 Å². The van der Waals surface area contributed by atoms with Gasteiger partial charge in [0.2, 0.25) is 6.79 Å². The summed E-state index contributed by atoms with van der Waals surface area (Å²) in [4.78, 5) is 24.6. The molecule has 2 amide bonds. The van der Waals surface area contributed by atoms with Crippen LogP contribution in [-0.2, 0) is 4.79 Å². The van der Waals surface area contributed by atoms with Gasteiger partial charge >= 0.3 is 0 Å². The molecule has 0 unspecified atom stereocenters. The van der Waals surface area contributed by atoms with Crippen molar-refractivity contribution in [1.82, 2.24) is 10.7 Å². The van der Waals surface area contributed by atoms with Crippen molar-refractivity contribution in [3.05, 3.63) is 59.3 Å². The van der Waals surface area contributed by atoms with E-state index in [4.69, 9.17) is 20.1 Å². The molecule has 1 aliphatic heterocycles. The van der Waals surface area contributed by atoms with Gasteiger partial charge in [-0.1, -0.05) is 18.2 Å². The van der Waals surface area contributed by atoms with Gasteiger partial charge in [0.05, 0.1) is 12.7 Å². The van der Waals surface area contributed by atoms with Crippen LogP contribution in [0.3, 0.4) is 0 Å². The van der Waals surface area contributed by atoms with Gasteiger partial charge in [0.25, 0.3) is 11.8 Å². The Morgan fingerprint density at radius 3 is 2.69 bits per heavy atom. The first-order chi connectivity index (χ1) is 12.6. The number of fused-ring (bicyclic) bond motifs is 1. The number of hydrogen-bond acceptors (Lipinski definition) is 6. The zero-order valence-corrected chi connectivity index (χ0v) is 13.9. The maximum Gasteiger partial charge on any atom is 0.281 e. The van der Waals surface area contributed by atoms with Crippen LogP contribution in [0.1, 0.15) is 15.9 Å². The van der Waals surface area contributed by atoms with Crippen LogP contribution in [0.2, 0.25) is 0 Å². The average Bonchev–Trinajstić information content (AvgIpc) is 3.14. The van der Waals surface area contributed by atoms with Crippen LogP contribution in [0.25, 0.3) is 6.08 Å². The normalized spacial score (nSPS) is 12.5. The minimum absolute atomic E-state index is 0.0257. The lowest BCUT2D eigenvalue weighted by Crippen LogP contribution is -2.38. The van der Waals surface area contributed by atoms with Gasteiger partial charge in [0.1, 0.15) is 11.4 Å². The lowest BCUT2D eigenvalue weighted by Gasteiger charge is -2.11. The molecule has 4 N–H and O–H groups in total. The second-order valence-corrected chi connectivity index (χ2v) is 5.30. The molecule has 3 rings (SSSR count). The number of carbonyl (C=O) groups excluding carboxylic acids is 2. The standard InChI is InChI=1S/C18H17N3O5/c1-24-14-5-3-2-4-12(14)17(22)20-13(18(23)21-19)8-11-6-7-15-16(9-11)26-10-25-15/h2-9H,10,19H2,1H3,(H,20,22)(H,21,23)/b13-8+. The summed E-state index contributed by atoms with van der Waals surface area (Å²) >= 11 is 0. The van der Waals surface area contributed by atoms with E-state index in [1.165, 1.54) is 13.2 Å². The maximum absolute atomic E-state index is 12.5. The number of para-hydroxylation sites is 1. The van der Waals surface area contributed by atoms with Crippen LogP contribution in [-0.4, -0.2) is 25.7 Å². The molecule has 1 aliphatic rings. The van der Waals surface area contributed by atoms with Crippen LogP contribution < -0.4 is 30.8 Å². The van der Waals surface area contributed by atoms with Crippen LogP contribution in [0.4, 0.5) is 0 Å². The van der Waals surface area contributed by atoms with Crippen molar-refractivity contribution in [2.24, 2.45) is 5.84 Å². The topological polar surface area (TPSA) is 112 Å². The molecule has 26 heavy (non-hydrogen) atoms. The molecule has 0 saturated heterocycles. The fourth-order valence-electron chi connectivity index (χ4n) is 2.43. The number of rotatable bonds is 5. The van der Waals surface area contributed by atoms with Crippen molar-refractivity contribution in [2.75, 3.05) is 13.9 Å². The van der Waals surface area contributed by atoms with E-state index < -0.39 is 11.8 Å². The molecular weight excluding hydrogens is 338 g/mol. The van der Waals surface area contributed by atoms with Gasteiger partial charge in [-0.15, -0.1) is 0 Å². The maximum atomic E-state index is 12.5. The molecule has 0 fully saturated rings. The molecule has 0 spiro atoms. The number of ether oxygens (including phenoxy) is 3. The summed E-state index contributed by atoms with van der Waals surface area (Å²) in [5.41, 5.74) is 2.91. The first-order valence-corrected chi connectivity index (χ1v) is 7.69. The number of hydrazine groups is 1. The van der Waals surface area contributed by atoms with E-state index in [1.807, 2.05) is 5.43 Å². The van der Waals surface area contributed by atoms with Crippen molar-refractivity contribution in [3.8, 4) is 17.2 Å². The van der Waals surface area contributed by atoms with Gasteiger partial charge in [0, 0.05) is 0 Å². The van der Waals surface area contributed by atoms with Crippen LogP contribution in [0, 0.1) is 0 Å². The van der Waals surface area contributed by atoms with E-state index in [0.717, 1.165) is 0 Å². The summed E-state index contributed by atoms with van der Waals surface area (Å²) in [5, 5.41) is 2.55. The van der Waals surface area contributed by atoms with Gasteiger partial charge in [-0.3, -0.25) is 15.0 Å². The highest BCUT2D eigenvalue weighted by Crippen LogP contribution is 2.33. The van der Waals surface area contributed by atoms with E-state index >= 15 is 0 Å². The molecule has 2 aromatic carbocycles. The Morgan fingerprint density at radius 1 is 1.15 bits per heavy atom. The average molecular weight is 355 g/mol. The zero-order chi connectivity index (χ0) is 18.5. The quantitative estimate of drug-likeness (QED) is 0.321. The van der Waals surface area contributed by atoms with E-state index in [1.54, 1.807) is 42.5 Å².